The molecule has 1 aliphatic heterocycles. The number of amides is 3. The Kier molecular flexibility index (Phi) is 3.12. The van der Waals surface area contributed by atoms with Crippen molar-refractivity contribution >= 4 is 23.7 Å². The third-order valence-electron chi connectivity index (χ3n) is 5.27. The SMILES string of the molecule is O=C(CN1C(=O)[C@@H]2[C@@H](C1=O)[C@H]1C=C[C@H]2C1)Nc1nnc(-c2ccco2)o1. The van der Waals surface area contributed by atoms with Crippen molar-refractivity contribution in [1.29, 1.82) is 0 Å². The maximum absolute atomic E-state index is 12.6. The molecule has 1 saturated carbocycles. The number of carbonyl (C=O) groups is 3. The van der Waals surface area contributed by atoms with Crippen molar-refractivity contribution in [2.24, 2.45) is 23.7 Å². The minimum atomic E-state index is -0.568. The van der Waals surface area contributed by atoms with E-state index in [1.807, 2.05) is 12.2 Å². The number of hydrogen-bond donors (Lipinski definition) is 1. The molecule has 9 nitrogen and oxygen atoms in total. The van der Waals surface area contributed by atoms with Crippen LogP contribution in [0.5, 0.6) is 0 Å². The number of hydrogen-bond acceptors (Lipinski definition) is 7. The number of carbonyl (C=O) groups excluding carboxylic acids is 3. The third-order valence-corrected chi connectivity index (χ3v) is 5.27. The molecule has 0 unspecified atom stereocenters. The van der Waals surface area contributed by atoms with Crippen LogP contribution in [0.4, 0.5) is 6.01 Å². The molecule has 2 fully saturated rings. The maximum Gasteiger partial charge on any atom is 0.322 e. The van der Waals surface area contributed by atoms with Crippen molar-refractivity contribution in [3.8, 4) is 11.7 Å². The van der Waals surface area contributed by atoms with Crippen LogP contribution in [0, 0.1) is 23.7 Å². The predicted octanol–water partition coefficient (Wildman–Crippen LogP) is 1.08. The summed E-state index contributed by atoms with van der Waals surface area (Å²) in [5.41, 5.74) is 0. The van der Waals surface area contributed by atoms with Gasteiger partial charge < -0.3 is 8.83 Å². The van der Waals surface area contributed by atoms with E-state index in [4.69, 9.17) is 8.83 Å². The van der Waals surface area contributed by atoms with E-state index in [9.17, 15) is 14.4 Å². The minimum Gasteiger partial charge on any atom is -0.459 e. The van der Waals surface area contributed by atoms with Crippen LogP contribution in [0.2, 0.25) is 0 Å². The fourth-order valence-corrected chi connectivity index (χ4v) is 4.20. The van der Waals surface area contributed by atoms with E-state index in [1.54, 1.807) is 12.1 Å². The van der Waals surface area contributed by atoms with Gasteiger partial charge in [0.1, 0.15) is 6.54 Å². The van der Waals surface area contributed by atoms with E-state index >= 15 is 0 Å². The Hall–Kier alpha value is -3.23. The first kappa shape index (κ1) is 15.1. The number of rotatable bonds is 4. The first-order valence-electron chi connectivity index (χ1n) is 8.32. The van der Waals surface area contributed by atoms with Crippen molar-refractivity contribution in [2.75, 3.05) is 11.9 Å². The summed E-state index contributed by atoms with van der Waals surface area (Å²) in [6, 6.07) is 3.19. The van der Waals surface area contributed by atoms with Gasteiger partial charge in [-0.3, -0.25) is 24.6 Å². The van der Waals surface area contributed by atoms with Gasteiger partial charge in [0.15, 0.2) is 5.76 Å². The van der Waals surface area contributed by atoms with Crippen LogP contribution in [0.1, 0.15) is 6.42 Å². The Balaban J connectivity index is 1.27. The largest absolute Gasteiger partial charge is 0.459 e. The fourth-order valence-electron chi connectivity index (χ4n) is 4.20. The van der Waals surface area contributed by atoms with E-state index in [0.717, 1.165) is 11.3 Å². The molecule has 0 aromatic carbocycles. The molecule has 2 aliphatic carbocycles. The van der Waals surface area contributed by atoms with E-state index in [0.29, 0.717) is 5.76 Å². The van der Waals surface area contributed by atoms with Gasteiger partial charge in [-0.2, -0.15) is 0 Å². The molecule has 2 aromatic rings. The van der Waals surface area contributed by atoms with Crippen LogP contribution < -0.4 is 5.32 Å². The highest BCUT2D eigenvalue weighted by Crippen LogP contribution is 2.52. The van der Waals surface area contributed by atoms with E-state index in [1.165, 1.54) is 6.26 Å². The normalized spacial score (nSPS) is 28.8. The van der Waals surface area contributed by atoms with Crippen LogP contribution in [-0.4, -0.2) is 39.4 Å². The molecule has 0 spiro atoms. The molecular formula is C17H14N4O5. The van der Waals surface area contributed by atoms with Gasteiger partial charge in [0.2, 0.25) is 17.7 Å². The molecule has 1 N–H and O–H groups in total. The molecule has 3 heterocycles. The average molecular weight is 354 g/mol. The molecule has 9 heteroatoms. The van der Waals surface area contributed by atoms with Gasteiger partial charge in [-0.25, -0.2) is 0 Å². The number of aromatic nitrogens is 2. The Morgan fingerprint density at radius 2 is 1.92 bits per heavy atom. The molecule has 0 radical (unpaired) electrons. The highest BCUT2D eigenvalue weighted by molar-refractivity contribution is 6.09. The lowest BCUT2D eigenvalue weighted by atomic mass is 9.85. The second-order valence-electron chi connectivity index (χ2n) is 6.70. The zero-order valence-electron chi connectivity index (χ0n) is 13.5. The number of anilines is 1. The Morgan fingerprint density at radius 3 is 2.58 bits per heavy atom. The quantitative estimate of drug-likeness (QED) is 0.644. The van der Waals surface area contributed by atoms with E-state index in [-0.39, 0.29) is 53.9 Å². The van der Waals surface area contributed by atoms with Crippen molar-refractivity contribution < 1.29 is 23.2 Å². The lowest BCUT2D eigenvalue weighted by molar-refractivity contribution is -0.143. The standard InChI is InChI=1S/C17H14N4O5/c22-11(18-17-20-19-14(26-17)10-2-1-5-25-10)7-21-15(23)12-8-3-4-9(6-8)13(12)16(21)24/h1-5,8-9,12-13H,6-7H2,(H,18,20,22)/t8-,9-,12-,13-/m0/s1. The molecule has 1 saturated heterocycles. The first-order valence-corrected chi connectivity index (χ1v) is 8.32. The van der Waals surface area contributed by atoms with Gasteiger partial charge in [-0.05, 0) is 30.4 Å². The lowest BCUT2D eigenvalue weighted by Gasteiger charge is -2.15. The van der Waals surface area contributed by atoms with E-state index in [2.05, 4.69) is 15.5 Å². The van der Waals surface area contributed by atoms with Crippen LogP contribution in [0.25, 0.3) is 11.7 Å². The zero-order valence-corrected chi connectivity index (χ0v) is 13.5. The number of fused-ring (bicyclic) bond motifs is 5. The summed E-state index contributed by atoms with van der Waals surface area (Å²) in [6.07, 6.45) is 6.33. The van der Waals surface area contributed by atoms with Crippen molar-refractivity contribution in [3.63, 3.8) is 0 Å². The average Bonchev–Trinajstić information content (AvgIpc) is 3.41. The van der Waals surface area contributed by atoms with Gasteiger partial charge in [0.05, 0.1) is 18.1 Å². The molecule has 132 valence electrons. The smallest absolute Gasteiger partial charge is 0.322 e. The highest BCUT2D eigenvalue weighted by atomic mass is 16.4. The summed E-state index contributed by atoms with van der Waals surface area (Å²) in [6.45, 7) is -0.359. The molecule has 2 aromatic heterocycles. The molecular weight excluding hydrogens is 340 g/mol. The highest BCUT2D eigenvalue weighted by Gasteiger charge is 2.59. The second kappa shape index (κ2) is 5.38. The molecule has 3 aliphatic rings. The van der Waals surface area contributed by atoms with Gasteiger partial charge in [0, 0.05) is 0 Å². The Bertz CT molecular complexity index is 901. The summed E-state index contributed by atoms with van der Waals surface area (Å²) < 4.78 is 10.4. The molecule has 5 rings (SSSR count). The summed E-state index contributed by atoms with van der Waals surface area (Å²) in [5.74, 6) is -1.03. The molecule has 2 bridgehead atoms. The zero-order chi connectivity index (χ0) is 17.8. The summed E-state index contributed by atoms with van der Waals surface area (Å²) >= 11 is 0. The Labute approximate surface area is 147 Å². The number of allylic oxidation sites excluding steroid dienone is 2. The van der Waals surface area contributed by atoms with Gasteiger partial charge in [-0.1, -0.05) is 17.3 Å². The van der Waals surface area contributed by atoms with Crippen LogP contribution in [0.15, 0.2) is 39.4 Å². The number of nitrogens with one attached hydrogen (secondary N) is 1. The van der Waals surface area contributed by atoms with Crippen LogP contribution in [0.3, 0.4) is 0 Å². The van der Waals surface area contributed by atoms with E-state index < -0.39 is 5.91 Å². The molecule has 26 heavy (non-hydrogen) atoms. The Morgan fingerprint density at radius 1 is 1.19 bits per heavy atom. The van der Waals surface area contributed by atoms with Gasteiger partial charge in [-0.15, -0.1) is 5.10 Å². The fraction of sp³-hybridized carbons (Fsp3) is 0.353. The number of imide groups is 1. The monoisotopic (exact) mass is 354 g/mol. The molecule has 4 atom stereocenters. The van der Waals surface area contributed by atoms with Gasteiger partial charge >= 0.3 is 6.01 Å². The number of nitrogens with zero attached hydrogens (tertiary/aromatic N) is 3. The van der Waals surface area contributed by atoms with Gasteiger partial charge in [0.25, 0.3) is 5.89 Å². The lowest BCUT2D eigenvalue weighted by Crippen LogP contribution is -2.39. The summed E-state index contributed by atoms with van der Waals surface area (Å²) in [5, 5.41) is 9.89. The second-order valence-corrected chi connectivity index (χ2v) is 6.70. The van der Waals surface area contributed by atoms with Crippen LogP contribution in [-0.2, 0) is 14.4 Å². The number of likely N-dealkylation sites (tertiary alicyclic amines) is 1. The topological polar surface area (TPSA) is 119 Å². The van der Waals surface area contributed by atoms with Crippen molar-refractivity contribution in [3.05, 3.63) is 30.5 Å². The third kappa shape index (κ3) is 2.13. The first-order chi connectivity index (χ1) is 12.6. The van der Waals surface area contributed by atoms with Crippen LogP contribution >= 0.6 is 0 Å². The van der Waals surface area contributed by atoms with Crippen molar-refractivity contribution in [1.82, 2.24) is 15.1 Å². The minimum absolute atomic E-state index is 0.112. The summed E-state index contributed by atoms with van der Waals surface area (Å²) in [4.78, 5) is 38.4. The maximum atomic E-state index is 12.6. The molecule has 3 amide bonds. The predicted molar refractivity (Wildman–Crippen MR) is 85.1 cm³/mol. The number of furan rings is 1. The summed E-state index contributed by atoms with van der Waals surface area (Å²) in [7, 11) is 0. The van der Waals surface area contributed by atoms with Crippen molar-refractivity contribution in [2.45, 2.75) is 6.42 Å².